The third kappa shape index (κ3) is 3.90. The van der Waals surface area contributed by atoms with Gasteiger partial charge >= 0.3 is 0 Å². The Morgan fingerprint density at radius 2 is 2.15 bits per heavy atom. The second-order valence-electron chi connectivity index (χ2n) is 6.14. The first-order chi connectivity index (χ1) is 9.47. The second kappa shape index (κ2) is 6.17. The van der Waals surface area contributed by atoms with Gasteiger partial charge in [0, 0.05) is 37.2 Å². The fourth-order valence-electron chi connectivity index (χ4n) is 2.25. The molecule has 0 atom stereocenters. The van der Waals surface area contributed by atoms with Crippen LogP contribution in [0, 0.1) is 0 Å². The number of nitrogens with zero attached hydrogens (tertiary/aromatic N) is 4. The number of aryl methyl sites for hydroxylation is 2. The molecule has 0 saturated heterocycles. The molecule has 0 aliphatic carbocycles. The minimum Gasteiger partial charge on any atom is -0.313 e. The maximum absolute atomic E-state index is 4.57. The highest BCUT2D eigenvalue weighted by molar-refractivity contribution is 5.23. The van der Waals surface area contributed by atoms with Gasteiger partial charge in [0.15, 0.2) is 0 Å². The van der Waals surface area contributed by atoms with Gasteiger partial charge < -0.3 is 5.32 Å². The van der Waals surface area contributed by atoms with Gasteiger partial charge in [-0.05, 0) is 13.0 Å². The molecule has 2 N–H and O–H groups in total. The lowest BCUT2D eigenvalue weighted by atomic mass is 9.89. The summed E-state index contributed by atoms with van der Waals surface area (Å²) in [6, 6.07) is 0. The van der Waals surface area contributed by atoms with Crippen LogP contribution in [-0.2, 0) is 25.4 Å². The number of hydrogen-bond acceptors (Lipinski definition) is 4. The lowest BCUT2D eigenvalue weighted by Crippen LogP contribution is -2.20. The Labute approximate surface area is 120 Å². The van der Waals surface area contributed by atoms with E-state index in [4.69, 9.17) is 0 Å². The summed E-state index contributed by atoms with van der Waals surface area (Å²) in [7, 11) is 1.97. The monoisotopic (exact) mass is 276 g/mol. The van der Waals surface area contributed by atoms with E-state index in [0.717, 1.165) is 31.8 Å². The van der Waals surface area contributed by atoms with Crippen molar-refractivity contribution < 1.29 is 0 Å². The molecule has 0 unspecified atom stereocenters. The third-order valence-corrected chi connectivity index (χ3v) is 3.16. The van der Waals surface area contributed by atoms with E-state index in [1.54, 1.807) is 6.33 Å². The van der Waals surface area contributed by atoms with Gasteiger partial charge in [-0.2, -0.15) is 10.2 Å². The Morgan fingerprint density at radius 3 is 2.80 bits per heavy atom. The first-order valence-electron chi connectivity index (χ1n) is 7.05. The maximum Gasteiger partial charge on any atom is 0.137 e. The van der Waals surface area contributed by atoms with Crippen LogP contribution in [0.3, 0.4) is 0 Å². The van der Waals surface area contributed by atoms with Crippen LogP contribution < -0.4 is 5.32 Å². The van der Waals surface area contributed by atoms with Crippen LogP contribution in [0.1, 0.15) is 44.3 Å². The van der Waals surface area contributed by atoms with Gasteiger partial charge in [-0.25, -0.2) is 4.98 Å². The van der Waals surface area contributed by atoms with Crippen molar-refractivity contribution in [3.8, 4) is 0 Å². The smallest absolute Gasteiger partial charge is 0.137 e. The summed E-state index contributed by atoms with van der Waals surface area (Å²) in [6.07, 6.45) is 5.62. The minimum atomic E-state index is 0.0815. The average Bonchev–Trinajstić information content (AvgIpc) is 2.97. The molecule has 6 heteroatoms. The lowest BCUT2D eigenvalue weighted by molar-refractivity contribution is 0.542. The average molecular weight is 276 g/mol. The molecule has 0 spiro atoms. The molecule has 2 aromatic heterocycles. The molecular weight excluding hydrogens is 252 g/mol. The Kier molecular flexibility index (Phi) is 4.54. The van der Waals surface area contributed by atoms with Crippen LogP contribution in [0.25, 0.3) is 0 Å². The van der Waals surface area contributed by atoms with Crippen LogP contribution in [0.2, 0.25) is 0 Å². The van der Waals surface area contributed by atoms with Crippen molar-refractivity contribution in [2.75, 3.05) is 6.54 Å². The molecule has 0 aromatic carbocycles. The van der Waals surface area contributed by atoms with Crippen molar-refractivity contribution in [1.29, 1.82) is 0 Å². The highest BCUT2D eigenvalue weighted by atomic mass is 15.3. The molecule has 110 valence electrons. The van der Waals surface area contributed by atoms with Crippen molar-refractivity contribution in [3.05, 3.63) is 29.6 Å². The Balaban J connectivity index is 1.79. The van der Waals surface area contributed by atoms with Crippen LogP contribution >= 0.6 is 0 Å². The number of H-pyrrole nitrogens is 1. The van der Waals surface area contributed by atoms with E-state index in [9.17, 15) is 0 Å². The fourth-order valence-corrected chi connectivity index (χ4v) is 2.25. The first kappa shape index (κ1) is 14.7. The molecule has 0 bridgehead atoms. The highest BCUT2D eigenvalue weighted by Gasteiger charge is 2.21. The fraction of sp³-hybridized carbons (Fsp3) is 0.643. The molecule has 0 fully saturated rings. The number of aromatic nitrogens is 5. The molecule has 2 rings (SSSR count). The van der Waals surface area contributed by atoms with Crippen LogP contribution in [0.5, 0.6) is 0 Å². The first-order valence-corrected chi connectivity index (χ1v) is 7.05. The zero-order valence-electron chi connectivity index (χ0n) is 12.8. The van der Waals surface area contributed by atoms with Crippen molar-refractivity contribution in [2.24, 2.45) is 7.05 Å². The SMILES string of the molecule is Cn1cc(CNCCCc2ncn[nH]2)c(C(C)(C)C)n1. The summed E-state index contributed by atoms with van der Waals surface area (Å²) < 4.78 is 1.89. The lowest BCUT2D eigenvalue weighted by Gasteiger charge is -2.17. The Bertz CT molecular complexity index is 520. The molecule has 0 aliphatic rings. The van der Waals surface area contributed by atoms with E-state index < -0.39 is 0 Å². The summed E-state index contributed by atoms with van der Waals surface area (Å²) >= 11 is 0. The van der Waals surface area contributed by atoms with E-state index in [0.29, 0.717) is 0 Å². The predicted molar refractivity (Wildman–Crippen MR) is 78.3 cm³/mol. The Hall–Kier alpha value is -1.69. The van der Waals surface area contributed by atoms with Gasteiger partial charge in [0.25, 0.3) is 0 Å². The molecule has 2 heterocycles. The predicted octanol–water partition coefficient (Wildman–Crippen LogP) is 1.56. The zero-order valence-corrected chi connectivity index (χ0v) is 12.8. The number of hydrogen-bond donors (Lipinski definition) is 2. The van der Waals surface area contributed by atoms with Gasteiger partial charge in [-0.15, -0.1) is 0 Å². The molecule has 0 saturated carbocycles. The second-order valence-corrected chi connectivity index (χ2v) is 6.14. The van der Waals surface area contributed by atoms with Crippen molar-refractivity contribution in [3.63, 3.8) is 0 Å². The van der Waals surface area contributed by atoms with E-state index in [2.05, 4.69) is 52.6 Å². The van der Waals surface area contributed by atoms with Gasteiger partial charge in [-0.3, -0.25) is 9.78 Å². The molecule has 0 radical (unpaired) electrons. The van der Waals surface area contributed by atoms with Gasteiger partial charge in [0.05, 0.1) is 5.69 Å². The van der Waals surface area contributed by atoms with Crippen LogP contribution in [-0.4, -0.2) is 31.5 Å². The topological polar surface area (TPSA) is 71.4 Å². The van der Waals surface area contributed by atoms with Crippen molar-refractivity contribution in [2.45, 2.75) is 45.6 Å². The van der Waals surface area contributed by atoms with E-state index in [1.807, 2.05) is 11.7 Å². The highest BCUT2D eigenvalue weighted by Crippen LogP contribution is 2.23. The number of aromatic amines is 1. The van der Waals surface area contributed by atoms with E-state index >= 15 is 0 Å². The summed E-state index contributed by atoms with van der Waals surface area (Å²) in [5.41, 5.74) is 2.53. The summed E-state index contributed by atoms with van der Waals surface area (Å²) in [5.74, 6) is 0.948. The normalized spacial score (nSPS) is 12.0. The van der Waals surface area contributed by atoms with Gasteiger partial charge in [0.2, 0.25) is 0 Å². The summed E-state index contributed by atoms with van der Waals surface area (Å²) in [6.45, 7) is 8.41. The van der Waals surface area contributed by atoms with Crippen LogP contribution in [0.4, 0.5) is 0 Å². The van der Waals surface area contributed by atoms with Gasteiger partial charge in [-0.1, -0.05) is 20.8 Å². The molecule has 2 aromatic rings. The quantitative estimate of drug-likeness (QED) is 0.785. The van der Waals surface area contributed by atoms with Gasteiger partial charge in [0.1, 0.15) is 12.2 Å². The van der Waals surface area contributed by atoms with Crippen molar-refractivity contribution in [1.82, 2.24) is 30.3 Å². The molecule has 0 amide bonds. The van der Waals surface area contributed by atoms with E-state index in [-0.39, 0.29) is 5.41 Å². The summed E-state index contributed by atoms with van der Waals surface area (Å²) in [4.78, 5) is 4.11. The van der Waals surface area contributed by atoms with Crippen LogP contribution in [0.15, 0.2) is 12.5 Å². The Morgan fingerprint density at radius 1 is 1.35 bits per heavy atom. The number of nitrogens with one attached hydrogen (secondary N) is 2. The molecule has 20 heavy (non-hydrogen) atoms. The zero-order chi connectivity index (χ0) is 14.6. The minimum absolute atomic E-state index is 0.0815. The third-order valence-electron chi connectivity index (χ3n) is 3.16. The summed E-state index contributed by atoms with van der Waals surface area (Å²) in [5, 5.41) is 14.8. The van der Waals surface area contributed by atoms with Crippen molar-refractivity contribution >= 4 is 0 Å². The largest absolute Gasteiger partial charge is 0.313 e. The molecular formula is C14H24N6. The molecule has 6 nitrogen and oxygen atoms in total. The van der Waals surface area contributed by atoms with E-state index in [1.165, 1.54) is 11.3 Å². The molecule has 0 aliphatic heterocycles. The standard InChI is InChI=1S/C14H24N6/c1-14(2,3)13-11(9-20(4)19-13)8-15-7-5-6-12-16-10-17-18-12/h9-10,15H,5-8H2,1-4H3,(H,16,17,18). The number of rotatable bonds is 6. The maximum atomic E-state index is 4.57.